The summed E-state index contributed by atoms with van der Waals surface area (Å²) >= 11 is 6.35. The fourth-order valence-electron chi connectivity index (χ4n) is 1.10. The number of aromatic hydroxyl groups is 1. The van der Waals surface area contributed by atoms with Crippen molar-refractivity contribution in [3.63, 3.8) is 0 Å². The number of carbonyl (C=O) groups is 1. The number of carbonyl (C=O) groups excluding carboxylic acids is 1. The zero-order valence-corrected chi connectivity index (χ0v) is 12.2. The van der Waals surface area contributed by atoms with Gasteiger partial charge in [-0.2, -0.15) is 0 Å². The molecule has 0 aliphatic rings. The molecule has 1 rings (SSSR count). The Morgan fingerprint density at radius 3 is 2.44 bits per heavy atom. The van der Waals surface area contributed by atoms with E-state index in [2.05, 4.69) is 36.6 Å². The lowest BCUT2D eigenvalue weighted by atomic mass is 10.1. The zero-order chi connectivity index (χ0) is 11.6. The fourth-order valence-corrected chi connectivity index (χ4v) is 2.01. The third-order valence-corrected chi connectivity index (χ3v) is 3.21. The molecule has 0 bridgehead atoms. The van der Waals surface area contributed by atoms with Crippen LogP contribution in [0.3, 0.4) is 0 Å². The quantitative estimate of drug-likeness (QED) is 0.779. The molecule has 0 fully saturated rings. The highest BCUT2D eigenvalue weighted by atomic mass is 79.9. The van der Waals surface area contributed by atoms with E-state index in [4.69, 9.17) is 5.73 Å². The lowest BCUT2D eigenvalue weighted by molar-refractivity contribution is -0.142. The molecular formula is C9H10Br2ClNO3. The molecule has 0 amide bonds. The van der Waals surface area contributed by atoms with Crippen LogP contribution in [0.2, 0.25) is 0 Å². The van der Waals surface area contributed by atoms with Gasteiger partial charge in [0.2, 0.25) is 0 Å². The Kier molecular flexibility index (Phi) is 6.32. The Hall–Kier alpha value is -0.300. The van der Waals surface area contributed by atoms with Gasteiger partial charge in [-0.25, -0.2) is 0 Å². The van der Waals surface area contributed by atoms with Crippen LogP contribution >= 0.6 is 44.3 Å². The highest BCUT2D eigenvalue weighted by molar-refractivity contribution is 9.11. The van der Waals surface area contributed by atoms with Crippen molar-refractivity contribution in [3.8, 4) is 5.75 Å². The van der Waals surface area contributed by atoms with Crippen molar-refractivity contribution in [2.24, 2.45) is 5.73 Å². The molecular weight excluding hydrogens is 365 g/mol. The molecule has 0 heterocycles. The number of halogens is 3. The van der Waals surface area contributed by atoms with Crippen LogP contribution in [0.1, 0.15) is 11.6 Å². The molecule has 1 aromatic rings. The van der Waals surface area contributed by atoms with E-state index in [0.717, 1.165) is 0 Å². The summed E-state index contributed by atoms with van der Waals surface area (Å²) in [5.41, 5.74) is 5.94. The first-order valence-electron chi connectivity index (χ1n) is 3.99. The molecule has 0 saturated heterocycles. The van der Waals surface area contributed by atoms with Crippen LogP contribution in [-0.2, 0) is 9.53 Å². The van der Waals surface area contributed by atoms with Crippen molar-refractivity contribution < 1.29 is 14.6 Å². The molecule has 16 heavy (non-hydrogen) atoms. The molecule has 1 atom stereocenters. The van der Waals surface area contributed by atoms with Gasteiger partial charge in [0.1, 0.15) is 11.8 Å². The third kappa shape index (κ3) is 3.10. The number of hydrogen-bond acceptors (Lipinski definition) is 4. The standard InChI is InChI=1S/C9H9Br2NO3.ClH/c1-15-9(14)7(12)6-4(10)2-3-5(11)8(6)13;/h2-3,7,13H,12H2,1H3;1H/t7-;/m1./s1. The Balaban J connectivity index is 0.00000225. The van der Waals surface area contributed by atoms with Gasteiger partial charge in [0, 0.05) is 10.0 Å². The highest BCUT2D eigenvalue weighted by Gasteiger charge is 2.23. The topological polar surface area (TPSA) is 72.5 Å². The molecule has 4 nitrogen and oxygen atoms in total. The van der Waals surface area contributed by atoms with Gasteiger partial charge in [0.05, 0.1) is 11.6 Å². The number of hydrogen-bond donors (Lipinski definition) is 2. The maximum Gasteiger partial charge on any atom is 0.327 e. The van der Waals surface area contributed by atoms with Gasteiger partial charge in [-0.1, -0.05) is 15.9 Å². The Labute approximate surface area is 116 Å². The van der Waals surface area contributed by atoms with Crippen molar-refractivity contribution in [2.75, 3.05) is 7.11 Å². The summed E-state index contributed by atoms with van der Waals surface area (Å²) in [6, 6.07) is 2.32. The Morgan fingerprint density at radius 2 is 1.94 bits per heavy atom. The van der Waals surface area contributed by atoms with E-state index in [1.54, 1.807) is 12.1 Å². The first kappa shape index (κ1) is 15.7. The first-order chi connectivity index (χ1) is 6.99. The van der Waals surface area contributed by atoms with E-state index in [1.165, 1.54) is 7.11 Å². The van der Waals surface area contributed by atoms with Crippen molar-refractivity contribution in [3.05, 3.63) is 26.6 Å². The second-order valence-electron chi connectivity index (χ2n) is 2.79. The maximum absolute atomic E-state index is 11.2. The SMILES string of the molecule is COC(=O)[C@H](N)c1c(Br)ccc(Br)c1O.Cl. The van der Waals surface area contributed by atoms with E-state index < -0.39 is 12.0 Å². The second kappa shape index (κ2) is 6.44. The van der Waals surface area contributed by atoms with Crippen LogP contribution in [0.25, 0.3) is 0 Å². The summed E-state index contributed by atoms with van der Waals surface area (Å²) < 4.78 is 5.53. The van der Waals surface area contributed by atoms with Crippen LogP contribution in [0.4, 0.5) is 0 Å². The van der Waals surface area contributed by atoms with Gasteiger partial charge in [-0.05, 0) is 28.1 Å². The minimum absolute atomic E-state index is 0. The van der Waals surface area contributed by atoms with Crippen LogP contribution in [-0.4, -0.2) is 18.2 Å². The monoisotopic (exact) mass is 373 g/mol. The molecule has 7 heteroatoms. The molecule has 0 aliphatic heterocycles. The minimum Gasteiger partial charge on any atom is -0.506 e. The Bertz CT molecular complexity index is 401. The smallest absolute Gasteiger partial charge is 0.327 e. The number of nitrogens with two attached hydrogens (primary N) is 1. The summed E-state index contributed by atoms with van der Waals surface area (Å²) in [7, 11) is 1.24. The number of phenolic OH excluding ortho intramolecular Hbond substituents is 1. The first-order valence-corrected chi connectivity index (χ1v) is 5.58. The summed E-state index contributed by atoms with van der Waals surface area (Å²) in [6.45, 7) is 0. The Morgan fingerprint density at radius 1 is 1.44 bits per heavy atom. The molecule has 3 N–H and O–H groups in total. The third-order valence-electron chi connectivity index (χ3n) is 1.88. The molecule has 0 aromatic heterocycles. The van der Waals surface area contributed by atoms with E-state index in [1.807, 2.05) is 0 Å². The lowest BCUT2D eigenvalue weighted by Gasteiger charge is -2.14. The van der Waals surface area contributed by atoms with Gasteiger partial charge in [-0.15, -0.1) is 12.4 Å². The molecule has 0 radical (unpaired) electrons. The normalized spacial score (nSPS) is 11.5. The van der Waals surface area contributed by atoms with Crippen LogP contribution in [0.15, 0.2) is 21.1 Å². The summed E-state index contributed by atoms with van der Waals surface area (Å²) in [5.74, 6) is -0.675. The summed E-state index contributed by atoms with van der Waals surface area (Å²) in [5, 5.41) is 9.73. The largest absolute Gasteiger partial charge is 0.506 e. The van der Waals surface area contributed by atoms with E-state index >= 15 is 0 Å². The van der Waals surface area contributed by atoms with Crippen molar-refractivity contribution in [1.29, 1.82) is 0 Å². The van der Waals surface area contributed by atoms with Gasteiger partial charge in [0.15, 0.2) is 0 Å². The average molecular weight is 375 g/mol. The number of ether oxygens (including phenoxy) is 1. The van der Waals surface area contributed by atoms with Crippen LogP contribution in [0, 0.1) is 0 Å². The van der Waals surface area contributed by atoms with Gasteiger partial charge >= 0.3 is 5.97 Å². The highest BCUT2D eigenvalue weighted by Crippen LogP contribution is 2.36. The van der Waals surface area contributed by atoms with Crippen LogP contribution < -0.4 is 5.73 Å². The number of rotatable bonds is 2. The summed E-state index contributed by atoms with van der Waals surface area (Å²) in [6.07, 6.45) is 0. The predicted octanol–water partition coefficient (Wildman–Crippen LogP) is 2.51. The molecule has 0 spiro atoms. The van der Waals surface area contributed by atoms with Gasteiger partial charge < -0.3 is 15.6 Å². The molecule has 0 unspecified atom stereocenters. The van der Waals surface area contributed by atoms with Gasteiger partial charge in [0.25, 0.3) is 0 Å². The number of benzene rings is 1. The van der Waals surface area contributed by atoms with E-state index in [-0.39, 0.29) is 18.2 Å². The lowest BCUT2D eigenvalue weighted by Crippen LogP contribution is -2.23. The molecule has 0 saturated carbocycles. The average Bonchev–Trinajstić information content (AvgIpc) is 2.22. The zero-order valence-electron chi connectivity index (χ0n) is 8.24. The second-order valence-corrected chi connectivity index (χ2v) is 4.50. The maximum atomic E-state index is 11.2. The minimum atomic E-state index is -1.01. The molecule has 1 aromatic carbocycles. The van der Waals surface area contributed by atoms with Gasteiger partial charge in [-0.3, -0.25) is 4.79 Å². The van der Waals surface area contributed by atoms with Crippen molar-refractivity contribution in [2.45, 2.75) is 6.04 Å². The number of phenols is 1. The number of methoxy groups -OCH3 is 1. The summed E-state index contributed by atoms with van der Waals surface area (Å²) in [4.78, 5) is 11.2. The van der Waals surface area contributed by atoms with E-state index in [9.17, 15) is 9.90 Å². The molecule has 0 aliphatic carbocycles. The van der Waals surface area contributed by atoms with Crippen molar-refractivity contribution >= 4 is 50.2 Å². The number of esters is 1. The van der Waals surface area contributed by atoms with Crippen LogP contribution in [0.5, 0.6) is 5.75 Å². The van der Waals surface area contributed by atoms with E-state index in [0.29, 0.717) is 14.5 Å². The molecule has 90 valence electrons. The van der Waals surface area contributed by atoms with Crippen molar-refractivity contribution in [1.82, 2.24) is 0 Å². The fraction of sp³-hybridized carbons (Fsp3) is 0.222. The predicted molar refractivity (Wildman–Crippen MR) is 69.7 cm³/mol.